The van der Waals surface area contributed by atoms with Crippen molar-refractivity contribution >= 4 is 25.8 Å². The van der Waals surface area contributed by atoms with Crippen LogP contribution in [0.1, 0.15) is 30.0 Å². The predicted octanol–water partition coefficient (Wildman–Crippen LogP) is 4.23. The standard InChI is InChI=1S/C25H22F3NO7S2/c1-2-24(30)36-35-19-9-8-16-12-18(13-17(16)14-19)29-38(33,34)23-15-21(10-11-22(23)25(26,27)28)37(31,32)20-6-4-3-5-7-20/h3-11,14-15,18,29H,2,12-13H2,1H3. The normalized spacial score (nSPS) is 15.6. The average Bonchev–Trinajstić information content (AvgIpc) is 3.27. The molecule has 0 aromatic heterocycles. The van der Waals surface area contributed by atoms with Gasteiger partial charge in [-0.15, -0.1) is 0 Å². The maximum Gasteiger partial charge on any atom is 0.417 e. The summed E-state index contributed by atoms with van der Waals surface area (Å²) in [5.41, 5.74) is -0.108. The van der Waals surface area contributed by atoms with E-state index in [0.717, 1.165) is 11.6 Å². The van der Waals surface area contributed by atoms with E-state index in [1.807, 2.05) is 0 Å². The van der Waals surface area contributed by atoms with Crippen molar-refractivity contribution in [3.05, 3.63) is 83.4 Å². The number of fused-ring (bicyclic) bond motifs is 1. The highest BCUT2D eigenvalue weighted by atomic mass is 32.2. The van der Waals surface area contributed by atoms with Gasteiger partial charge in [-0.25, -0.2) is 26.4 Å². The summed E-state index contributed by atoms with van der Waals surface area (Å²) in [6.45, 7) is 1.59. The van der Waals surface area contributed by atoms with Crippen LogP contribution in [0.3, 0.4) is 0 Å². The number of sulfonamides is 1. The van der Waals surface area contributed by atoms with Crippen molar-refractivity contribution in [1.82, 2.24) is 4.72 Å². The molecule has 4 rings (SSSR count). The van der Waals surface area contributed by atoms with Crippen LogP contribution in [0.15, 0.2) is 81.4 Å². The van der Waals surface area contributed by atoms with Gasteiger partial charge in [-0.2, -0.15) is 13.2 Å². The van der Waals surface area contributed by atoms with Crippen LogP contribution >= 0.6 is 0 Å². The minimum Gasteiger partial charge on any atom is -0.287 e. The Morgan fingerprint density at radius 3 is 2.26 bits per heavy atom. The molecule has 0 aliphatic heterocycles. The molecule has 1 N–H and O–H groups in total. The first-order chi connectivity index (χ1) is 17.8. The van der Waals surface area contributed by atoms with Gasteiger partial charge in [0.2, 0.25) is 19.9 Å². The molecular formula is C25H22F3NO7S2. The van der Waals surface area contributed by atoms with Crippen molar-refractivity contribution in [3.8, 4) is 5.75 Å². The fraction of sp³-hybridized carbons (Fsp3) is 0.240. The lowest BCUT2D eigenvalue weighted by Gasteiger charge is -2.18. The van der Waals surface area contributed by atoms with Gasteiger partial charge in [0, 0.05) is 12.5 Å². The maximum atomic E-state index is 13.8. The minimum absolute atomic E-state index is 0.0998. The van der Waals surface area contributed by atoms with Crippen LogP contribution in [0.5, 0.6) is 5.75 Å². The molecule has 0 spiro atoms. The second-order valence-corrected chi connectivity index (χ2v) is 12.2. The fourth-order valence-electron chi connectivity index (χ4n) is 4.03. The molecule has 1 aliphatic rings. The first-order valence-corrected chi connectivity index (χ1v) is 14.3. The van der Waals surface area contributed by atoms with E-state index in [1.54, 1.807) is 25.1 Å². The molecule has 0 heterocycles. The van der Waals surface area contributed by atoms with Gasteiger partial charge >= 0.3 is 12.1 Å². The van der Waals surface area contributed by atoms with Gasteiger partial charge < -0.3 is 0 Å². The lowest BCUT2D eigenvalue weighted by Crippen LogP contribution is -2.36. The summed E-state index contributed by atoms with van der Waals surface area (Å²) in [4.78, 5) is 18.9. The number of hydrogen-bond donors (Lipinski definition) is 1. The van der Waals surface area contributed by atoms with Crippen LogP contribution in [0.25, 0.3) is 0 Å². The molecule has 0 saturated heterocycles. The molecule has 0 fully saturated rings. The van der Waals surface area contributed by atoms with Gasteiger partial charge in [-0.05, 0) is 66.4 Å². The van der Waals surface area contributed by atoms with Gasteiger partial charge in [-0.1, -0.05) is 31.2 Å². The van der Waals surface area contributed by atoms with Crippen molar-refractivity contribution < 1.29 is 44.6 Å². The summed E-state index contributed by atoms with van der Waals surface area (Å²) >= 11 is 0. The Balaban J connectivity index is 1.62. The Morgan fingerprint density at radius 2 is 1.61 bits per heavy atom. The highest BCUT2D eigenvalue weighted by molar-refractivity contribution is 7.91. The van der Waals surface area contributed by atoms with Gasteiger partial charge in [0.1, 0.15) is 0 Å². The average molecular weight is 570 g/mol. The smallest absolute Gasteiger partial charge is 0.287 e. The Kier molecular flexibility index (Phi) is 7.55. The van der Waals surface area contributed by atoms with Gasteiger partial charge in [-0.3, -0.25) is 9.78 Å². The number of nitrogens with one attached hydrogen (secondary N) is 1. The highest BCUT2D eigenvalue weighted by Gasteiger charge is 2.39. The largest absolute Gasteiger partial charge is 0.417 e. The SMILES string of the molecule is CCC(=O)OOc1ccc2c(c1)CC(NS(=O)(=O)c1cc(S(=O)(=O)c3ccccc3)ccc1C(F)(F)F)C2. The zero-order chi connectivity index (χ0) is 27.7. The van der Waals surface area contributed by atoms with Crippen molar-refractivity contribution in [2.75, 3.05) is 0 Å². The summed E-state index contributed by atoms with van der Waals surface area (Å²) < 4.78 is 96.0. The third-order valence-electron chi connectivity index (χ3n) is 5.86. The van der Waals surface area contributed by atoms with Crippen molar-refractivity contribution in [2.45, 2.75) is 53.1 Å². The van der Waals surface area contributed by atoms with E-state index >= 15 is 0 Å². The topological polar surface area (TPSA) is 116 Å². The molecule has 1 unspecified atom stereocenters. The van der Waals surface area contributed by atoms with E-state index in [1.165, 1.54) is 30.3 Å². The minimum atomic E-state index is -5.06. The summed E-state index contributed by atoms with van der Waals surface area (Å²) in [5, 5.41) is 0. The molecule has 8 nitrogen and oxygen atoms in total. The second-order valence-electron chi connectivity index (χ2n) is 8.52. The molecule has 0 bridgehead atoms. The van der Waals surface area contributed by atoms with Crippen molar-refractivity contribution in [2.24, 2.45) is 0 Å². The molecule has 0 saturated carbocycles. The number of benzene rings is 3. The molecule has 0 radical (unpaired) electrons. The molecule has 38 heavy (non-hydrogen) atoms. The number of carbonyl (C=O) groups excluding carboxylic acids is 1. The monoisotopic (exact) mass is 569 g/mol. The van der Waals surface area contributed by atoms with E-state index in [2.05, 4.69) is 9.61 Å². The summed E-state index contributed by atoms with van der Waals surface area (Å²) in [6.07, 6.45) is -4.66. The summed E-state index contributed by atoms with van der Waals surface area (Å²) in [7, 11) is -9.09. The molecule has 0 amide bonds. The number of halogens is 3. The lowest BCUT2D eigenvalue weighted by atomic mass is 10.1. The number of alkyl halides is 3. The number of carbonyl (C=O) groups is 1. The van der Waals surface area contributed by atoms with E-state index in [0.29, 0.717) is 17.7 Å². The zero-order valence-electron chi connectivity index (χ0n) is 19.9. The second kappa shape index (κ2) is 10.4. The third kappa shape index (κ3) is 5.84. The molecule has 13 heteroatoms. The van der Waals surface area contributed by atoms with E-state index in [-0.39, 0.29) is 29.9 Å². The van der Waals surface area contributed by atoms with Crippen LogP contribution in [0.4, 0.5) is 13.2 Å². The quantitative estimate of drug-likeness (QED) is 0.319. The van der Waals surface area contributed by atoms with E-state index in [4.69, 9.17) is 4.89 Å². The predicted molar refractivity (Wildman–Crippen MR) is 128 cm³/mol. The summed E-state index contributed by atoms with van der Waals surface area (Å²) in [5.74, 6) is -0.389. The van der Waals surface area contributed by atoms with Crippen LogP contribution in [-0.4, -0.2) is 28.8 Å². The Hall–Kier alpha value is -3.42. The maximum absolute atomic E-state index is 13.8. The number of hydrogen-bond acceptors (Lipinski definition) is 7. The fourth-order valence-corrected chi connectivity index (χ4v) is 6.90. The van der Waals surface area contributed by atoms with Crippen LogP contribution < -0.4 is 9.61 Å². The van der Waals surface area contributed by atoms with Crippen molar-refractivity contribution in [3.63, 3.8) is 0 Å². The van der Waals surface area contributed by atoms with Crippen LogP contribution in [0.2, 0.25) is 0 Å². The van der Waals surface area contributed by atoms with Crippen molar-refractivity contribution in [1.29, 1.82) is 0 Å². The third-order valence-corrected chi connectivity index (χ3v) is 9.19. The first-order valence-electron chi connectivity index (χ1n) is 11.3. The van der Waals surface area contributed by atoms with E-state index in [9.17, 15) is 34.8 Å². The van der Waals surface area contributed by atoms with Crippen LogP contribution in [0, 0.1) is 0 Å². The van der Waals surface area contributed by atoms with Crippen LogP contribution in [-0.2, 0) is 48.6 Å². The van der Waals surface area contributed by atoms with Gasteiger partial charge in [0.25, 0.3) is 0 Å². The number of sulfone groups is 1. The molecule has 1 aliphatic carbocycles. The zero-order valence-corrected chi connectivity index (χ0v) is 21.5. The highest BCUT2D eigenvalue weighted by Crippen LogP contribution is 2.37. The molecule has 202 valence electrons. The first kappa shape index (κ1) is 27.6. The molecular weight excluding hydrogens is 547 g/mol. The van der Waals surface area contributed by atoms with Gasteiger partial charge in [0.05, 0.1) is 20.2 Å². The molecule has 3 aromatic carbocycles. The van der Waals surface area contributed by atoms with E-state index < -0.39 is 53.4 Å². The Morgan fingerprint density at radius 1 is 0.921 bits per heavy atom. The van der Waals surface area contributed by atoms with Gasteiger partial charge in [0.15, 0.2) is 5.75 Å². The summed E-state index contributed by atoms with van der Waals surface area (Å²) in [6, 6.07) is 12.6. The lowest BCUT2D eigenvalue weighted by molar-refractivity contribution is -0.213. The Bertz CT molecular complexity index is 1570. The molecule has 1 atom stereocenters. The Labute approximate surface area is 217 Å². The number of rotatable bonds is 8. The molecule has 3 aromatic rings.